The zero-order chi connectivity index (χ0) is 22.6. The van der Waals surface area contributed by atoms with Crippen molar-refractivity contribution < 1.29 is 23.8 Å². The fourth-order valence-electron chi connectivity index (χ4n) is 3.29. The highest BCUT2D eigenvalue weighted by molar-refractivity contribution is 5.96. The Morgan fingerprint density at radius 3 is 2.69 bits per heavy atom. The van der Waals surface area contributed by atoms with Crippen LogP contribution in [-0.2, 0) is 14.3 Å². The molecule has 1 atom stereocenters. The van der Waals surface area contributed by atoms with E-state index in [2.05, 4.69) is 16.0 Å². The molecule has 0 bridgehead atoms. The van der Waals surface area contributed by atoms with Gasteiger partial charge in [-0.1, -0.05) is 12.1 Å². The van der Waals surface area contributed by atoms with Gasteiger partial charge in [0.1, 0.15) is 12.4 Å². The average molecular weight is 442 g/mol. The Hall–Kier alpha value is -3.10. The monoisotopic (exact) mass is 441 g/mol. The number of nitrogens with one attached hydrogen (secondary N) is 3. The zero-order valence-electron chi connectivity index (χ0n) is 18.4. The zero-order valence-corrected chi connectivity index (χ0v) is 18.4. The molecule has 1 heterocycles. The molecule has 8 heteroatoms. The van der Waals surface area contributed by atoms with Gasteiger partial charge in [-0.15, -0.1) is 0 Å². The molecule has 3 N–H and O–H groups in total. The largest absolute Gasteiger partial charge is 0.489 e. The Labute approximate surface area is 188 Å². The molecule has 172 valence electrons. The lowest BCUT2D eigenvalue weighted by molar-refractivity contribution is -0.114. The number of benzene rings is 2. The van der Waals surface area contributed by atoms with Crippen molar-refractivity contribution in [2.75, 3.05) is 50.7 Å². The van der Waals surface area contributed by atoms with Gasteiger partial charge in [-0.2, -0.15) is 0 Å². The summed E-state index contributed by atoms with van der Waals surface area (Å²) < 4.78 is 16.4. The van der Waals surface area contributed by atoms with Gasteiger partial charge in [0.15, 0.2) is 0 Å². The number of methoxy groups -OCH3 is 1. The van der Waals surface area contributed by atoms with E-state index < -0.39 is 0 Å². The van der Waals surface area contributed by atoms with Crippen LogP contribution in [0.4, 0.5) is 11.4 Å². The first kappa shape index (κ1) is 23.6. The molecule has 0 aliphatic carbocycles. The molecule has 1 aliphatic heterocycles. The van der Waals surface area contributed by atoms with E-state index in [1.54, 1.807) is 31.4 Å². The molecule has 3 rings (SSSR count). The van der Waals surface area contributed by atoms with Gasteiger partial charge in [-0.25, -0.2) is 0 Å². The molecule has 0 spiro atoms. The number of carbonyl (C=O) groups is 2. The number of hydrogen-bond acceptors (Lipinski definition) is 6. The van der Waals surface area contributed by atoms with E-state index in [1.165, 1.54) is 0 Å². The molecule has 1 unspecified atom stereocenters. The highest BCUT2D eigenvalue weighted by Gasteiger charge is 2.17. The second-order valence-corrected chi connectivity index (χ2v) is 7.52. The maximum Gasteiger partial charge on any atom is 0.251 e. The van der Waals surface area contributed by atoms with Gasteiger partial charge in [0.25, 0.3) is 5.91 Å². The number of para-hydroxylation sites is 2. The van der Waals surface area contributed by atoms with Gasteiger partial charge < -0.3 is 30.2 Å². The van der Waals surface area contributed by atoms with Gasteiger partial charge in [0.05, 0.1) is 18.3 Å². The summed E-state index contributed by atoms with van der Waals surface area (Å²) in [6, 6.07) is 14.3. The van der Waals surface area contributed by atoms with Crippen molar-refractivity contribution in [1.29, 1.82) is 0 Å². The number of anilines is 2. The molecular weight excluding hydrogens is 410 g/mol. The SMILES string of the molecule is COCCCNC(=O)c1ccc(NCC(=O)Nc2ccccc2OCC2CCCO2)cc1. The molecular formula is C24H31N3O5. The van der Waals surface area contributed by atoms with E-state index in [4.69, 9.17) is 14.2 Å². The van der Waals surface area contributed by atoms with Crippen LogP contribution in [-0.4, -0.2) is 57.9 Å². The molecule has 0 aromatic heterocycles. The van der Waals surface area contributed by atoms with Crippen LogP contribution >= 0.6 is 0 Å². The predicted molar refractivity (Wildman–Crippen MR) is 123 cm³/mol. The van der Waals surface area contributed by atoms with Crippen LogP contribution in [0.2, 0.25) is 0 Å². The van der Waals surface area contributed by atoms with E-state index in [0.29, 0.717) is 36.8 Å². The minimum atomic E-state index is -0.196. The molecule has 2 aromatic rings. The van der Waals surface area contributed by atoms with Crippen LogP contribution in [0.3, 0.4) is 0 Å². The Morgan fingerprint density at radius 2 is 1.94 bits per heavy atom. The normalized spacial score (nSPS) is 15.2. The molecule has 1 aliphatic rings. The van der Waals surface area contributed by atoms with Crippen molar-refractivity contribution in [3.8, 4) is 5.75 Å². The standard InChI is InChI=1S/C24H31N3O5/c1-30-14-5-13-25-24(29)18-9-11-19(12-10-18)26-16-23(28)27-21-7-2-3-8-22(21)32-17-20-6-4-15-31-20/h2-3,7-12,20,26H,4-6,13-17H2,1H3,(H,25,29)(H,27,28). The lowest BCUT2D eigenvalue weighted by Gasteiger charge is -2.15. The minimum Gasteiger partial charge on any atom is -0.489 e. The Bertz CT molecular complexity index is 866. The molecule has 0 saturated carbocycles. The van der Waals surface area contributed by atoms with E-state index in [1.807, 2.05) is 24.3 Å². The molecule has 0 radical (unpaired) electrons. The van der Waals surface area contributed by atoms with Crippen LogP contribution in [0.5, 0.6) is 5.75 Å². The summed E-state index contributed by atoms with van der Waals surface area (Å²) in [5.74, 6) is 0.292. The van der Waals surface area contributed by atoms with Crippen molar-refractivity contribution in [3.63, 3.8) is 0 Å². The third-order valence-corrected chi connectivity index (χ3v) is 5.02. The minimum absolute atomic E-state index is 0.0859. The summed E-state index contributed by atoms with van der Waals surface area (Å²) >= 11 is 0. The third kappa shape index (κ3) is 7.55. The lowest BCUT2D eigenvalue weighted by atomic mass is 10.2. The van der Waals surface area contributed by atoms with E-state index >= 15 is 0 Å². The van der Waals surface area contributed by atoms with Crippen molar-refractivity contribution in [2.45, 2.75) is 25.4 Å². The van der Waals surface area contributed by atoms with Gasteiger partial charge in [0.2, 0.25) is 5.91 Å². The highest BCUT2D eigenvalue weighted by Crippen LogP contribution is 2.25. The summed E-state index contributed by atoms with van der Waals surface area (Å²) in [5.41, 5.74) is 1.94. The summed E-state index contributed by atoms with van der Waals surface area (Å²) in [7, 11) is 1.63. The second-order valence-electron chi connectivity index (χ2n) is 7.52. The predicted octanol–water partition coefficient (Wildman–Crippen LogP) is 3.06. The molecule has 32 heavy (non-hydrogen) atoms. The first-order valence-corrected chi connectivity index (χ1v) is 10.9. The topological polar surface area (TPSA) is 97.9 Å². The fourth-order valence-corrected chi connectivity index (χ4v) is 3.29. The van der Waals surface area contributed by atoms with E-state index in [0.717, 1.165) is 31.6 Å². The number of carbonyl (C=O) groups excluding carboxylic acids is 2. The molecule has 8 nitrogen and oxygen atoms in total. The summed E-state index contributed by atoms with van der Waals surface area (Å²) in [5, 5.41) is 8.78. The Kier molecular flexibility index (Phi) is 9.34. The average Bonchev–Trinajstić information content (AvgIpc) is 3.34. The van der Waals surface area contributed by atoms with Crippen LogP contribution < -0.4 is 20.7 Å². The van der Waals surface area contributed by atoms with Crippen molar-refractivity contribution in [1.82, 2.24) is 5.32 Å². The maximum absolute atomic E-state index is 12.4. The molecule has 1 saturated heterocycles. The fraction of sp³-hybridized carbons (Fsp3) is 0.417. The highest BCUT2D eigenvalue weighted by atomic mass is 16.5. The van der Waals surface area contributed by atoms with Crippen LogP contribution in [0.1, 0.15) is 29.6 Å². The second kappa shape index (κ2) is 12.7. The van der Waals surface area contributed by atoms with Crippen LogP contribution in [0.15, 0.2) is 48.5 Å². The van der Waals surface area contributed by atoms with Gasteiger partial charge >= 0.3 is 0 Å². The van der Waals surface area contributed by atoms with Crippen molar-refractivity contribution in [3.05, 3.63) is 54.1 Å². The number of ether oxygens (including phenoxy) is 3. The quantitative estimate of drug-likeness (QED) is 0.438. The smallest absolute Gasteiger partial charge is 0.251 e. The summed E-state index contributed by atoms with van der Waals surface area (Å²) in [4.78, 5) is 24.5. The summed E-state index contributed by atoms with van der Waals surface area (Å²) in [6.07, 6.45) is 2.92. The van der Waals surface area contributed by atoms with Crippen LogP contribution in [0, 0.1) is 0 Å². The van der Waals surface area contributed by atoms with E-state index in [9.17, 15) is 9.59 Å². The maximum atomic E-state index is 12.4. The Balaban J connectivity index is 1.44. The van der Waals surface area contributed by atoms with Crippen molar-refractivity contribution in [2.24, 2.45) is 0 Å². The molecule has 2 aromatic carbocycles. The van der Waals surface area contributed by atoms with Crippen LogP contribution in [0.25, 0.3) is 0 Å². The first-order chi connectivity index (χ1) is 15.7. The lowest BCUT2D eigenvalue weighted by Crippen LogP contribution is -2.25. The van der Waals surface area contributed by atoms with Crippen molar-refractivity contribution >= 4 is 23.2 Å². The Morgan fingerprint density at radius 1 is 1.12 bits per heavy atom. The first-order valence-electron chi connectivity index (χ1n) is 10.9. The third-order valence-electron chi connectivity index (χ3n) is 5.02. The van der Waals surface area contributed by atoms with Gasteiger partial charge in [0, 0.05) is 38.1 Å². The van der Waals surface area contributed by atoms with E-state index in [-0.39, 0.29) is 24.5 Å². The molecule has 1 fully saturated rings. The van der Waals surface area contributed by atoms with Gasteiger partial charge in [-0.05, 0) is 55.7 Å². The number of amides is 2. The number of hydrogen-bond donors (Lipinski definition) is 3. The number of rotatable bonds is 12. The molecule has 2 amide bonds. The van der Waals surface area contributed by atoms with Gasteiger partial charge in [-0.3, -0.25) is 9.59 Å². The summed E-state index contributed by atoms with van der Waals surface area (Å²) in [6.45, 7) is 2.50.